The largest absolute Gasteiger partial charge is 0.237 e. The first-order valence-corrected chi connectivity index (χ1v) is 6.70. The highest BCUT2D eigenvalue weighted by Crippen LogP contribution is 2.28. The van der Waals surface area contributed by atoms with Crippen molar-refractivity contribution >= 4 is 32.5 Å². The van der Waals surface area contributed by atoms with Crippen LogP contribution in [0.2, 0.25) is 0 Å². The van der Waals surface area contributed by atoms with Gasteiger partial charge in [0.1, 0.15) is 4.83 Å². The molecule has 86 valence electrons. The number of nitrogens with zero attached hydrogens (tertiary/aromatic N) is 1. The van der Waals surface area contributed by atoms with Gasteiger partial charge in [-0.15, -0.1) is 11.3 Å². The number of pyridine rings is 1. The standard InChI is InChI=1S/C15H15NS/c1-15(2,3)12-4-5-13-11(9-12)8-10-6-7-17-14(10)16-13/h4-9H,1-3H3. The van der Waals surface area contributed by atoms with Gasteiger partial charge in [-0.25, -0.2) is 4.98 Å². The number of aromatic nitrogens is 1. The van der Waals surface area contributed by atoms with Gasteiger partial charge in [-0.05, 0) is 40.6 Å². The first-order chi connectivity index (χ1) is 8.04. The zero-order valence-electron chi connectivity index (χ0n) is 10.3. The third-order valence-electron chi connectivity index (χ3n) is 3.10. The van der Waals surface area contributed by atoms with Crippen LogP contribution in [0.5, 0.6) is 0 Å². The van der Waals surface area contributed by atoms with Crippen LogP contribution in [-0.2, 0) is 5.41 Å². The van der Waals surface area contributed by atoms with Gasteiger partial charge in [0, 0.05) is 10.8 Å². The van der Waals surface area contributed by atoms with Crippen LogP contribution >= 0.6 is 11.3 Å². The van der Waals surface area contributed by atoms with E-state index in [1.807, 2.05) is 0 Å². The predicted octanol–water partition coefficient (Wildman–Crippen LogP) is 4.75. The van der Waals surface area contributed by atoms with E-state index < -0.39 is 0 Å². The molecule has 17 heavy (non-hydrogen) atoms. The molecule has 0 aliphatic rings. The van der Waals surface area contributed by atoms with Crippen LogP contribution < -0.4 is 0 Å². The molecule has 0 spiro atoms. The van der Waals surface area contributed by atoms with E-state index in [0.29, 0.717) is 0 Å². The summed E-state index contributed by atoms with van der Waals surface area (Å²) >= 11 is 1.70. The Balaban J connectivity index is 2.31. The number of benzene rings is 1. The van der Waals surface area contributed by atoms with Crippen molar-refractivity contribution in [3.8, 4) is 0 Å². The van der Waals surface area contributed by atoms with Crippen molar-refractivity contribution < 1.29 is 0 Å². The zero-order valence-corrected chi connectivity index (χ0v) is 11.1. The van der Waals surface area contributed by atoms with E-state index in [1.165, 1.54) is 16.3 Å². The average molecular weight is 241 g/mol. The molecule has 2 aromatic heterocycles. The zero-order chi connectivity index (χ0) is 12.0. The summed E-state index contributed by atoms with van der Waals surface area (Å²) in [6.07, 6.45) is 0. The van der Waals surface area contributed by atoms with Crippen LogP contribution in [0.15, 0.2) is 35.7 Å². The maximum Gasteiger partial charge on any atom is 0.123 e. The molecule has 1 aromatic carbocycles. The van der Waals surface area contributed by atoms with Crippen molar-refractivity contribution in [1.29, 1.82) is 0 Å². The van der Waals surface area contributed by atoms with Gasteiger partial charge < -0.3 is 0 Å². The molecule has 1 nitrogen and oxygen atoms in total. The normalized spacial score (nSPS) is 12.4. The van der Waals surface area contributed by atoms with Crippen molar-refractivity contribution in [3.05, 3.63) is 41.3 Å². The Morgan fingerprint density at radius 3 is 2.59 bits per heavy atom. The van der Waals surface area contributed by atoms with Gasteiger partial charge in [0.2, 0.25) is 0 Å². The molecule has 0 aliphatic carbocycles. The Kier molecular flexibility index (Phi) is 2.23. The Morgan fingerprint density at radius 2 is 1.82 bits per heavy atom. The van der Waals surface area contributed by atoms with Gasteiger partial charge in [0.25, 0.3) is 0 Å². The van der Waals surface area contributed by atoms with Crippen LogP contribution in [0.25, 0.3) is 21.1 Å². The Labute approximate surface area is 105 Å². The molecule has 0 fully saturated rings. The van der Waals surface area contributed by atoms with Gasteiger partial charge in [-0.1, -0.05) is 26.8 Å². The summed E-state index contributed by atoms with van der Waals surface area (Å²) in [5, 5.41) is 4.58. The van der Waals surface area contributed by atoms with Crippen LogP contribution in [0.1, 0.15) is 26.3 Å². The van der Waals surface area contributed by atoms with Crippen molar-refractivity contribution in [2.24, 2.45) is 0 Å². The van der Waals surface area contributed by atoms with Crippen molar-refractivity contribution in [2.75, 3.05) is 0 Å². The highest BCUT2D eigenvalue weighted by molar-refractivity contribution is 7.16. The summed E-state index contributed by atoms with van der Waals surface area (Å²) in [5.41, 5.74) is 2.65. The second kappa shape index (κ2) is 3.54. The highest BCUT2D eigenvalue weighted by Gasteiger charge is 2.14. The summed E-state index contributed by atoms with van der Waals surface area (Å²) in [6, 6.07) is 11.0. The van der Waals surface area contributed by atoms with Gasteiger partial charge >= 0.3 is 0 Å². The Hall–Kier alpha value is -1.41. The SMILES string of the molecule is CC(C)(C)c1ccc2nc3sccc3cc2c1. The predicted molar refractivity (Wildman–Crippen MR) is 75.8 cm³/mol. The molecule has 0 radical (unpaired) electrons. The van der Waals surface area contributed by atoms with Gasteiger partial charge in [0.15, 0.2) is 0 Å². The maximum absolute atomic E-state index is 4.68. The minimum Gasteiger partial charge on any atom is -0.237 e. The quantitative estimate of drug-likeness (QED) is 0.553. The van der Waals surface area contributed by atoms with E-state index in [4.69, 9.17) is 0 Å². The van der Waals surface area contributed by atoms with E-state index in [1.54, 1.807) is 11.3 Å². The lowest BCUT2D eigenvalue weighted by Crippen LogP contribution is -2.10. The molecule has 0 amide bonds. The van der Waals surface area contributed by atoms with Gasteiger partial charge in [-0.3, -0.25) is 0 Å². The number of hydrogen-bond acceptors (Lipinski definition) is 2. The summed E-state index contributed by atoms with van der Waals surface area (Å²) in [5.74, 6) is 0. The molecule has 3 aromatic rings. The van der Waals surface area contributed by atoms with Gasteiger partial charge in [0.05, 0.1) is 5.52 Å². The summed E-state index contributed by atoms with van der Waals surface area (Å²) < 4.78 is 0. The summed E-state index contributed by atoms with van der Waals surface area (Å²) in [4.78, 5) is 5.81. The highest BCUT2D eigenvalue weighted by atomic mass is 32.1. The monoisotopic (exact) mass is 241 g/mol. The topological polar surface area (TPSA) is 12.9 Å². The van der Waals surface area contributed by atoms with E-state index in [9.17, 15) is 0 Å². The molecule has 0 aliphatic heterocycles. The maximum atomic E-state index is 4.68. The second-order valence-corrected chi connectivity index (χ2v) is 6.36. The minimum absolute atomic E-state index is 0.192. The average Bonchev–Trinajstić information content (AvgIpc) is 2.70. The molecule has 0 saturated heterocycles. The lowest BCUT2D eigenvalue weighted by atomic mass is 9.86. The molecular formula is C15H15NS. The molecule has 0 unspecified atom stereocenters. The van der Waals surface area contributed by atoms with Crippen molar-refractivity contribution in [3.63, 3.8) is 0 Å². The van der Waals surface area contributed by atoms with E-state index >= 15 is 0 Å². The first-order valence-electron chi connectivity index (χ1n) is 5.82. The van der Waals surface area contributed by atoms with Crippen LogP contribution in [0.3, 0.4) is 0 Å². The third-order valence-corrected chi connectivity index (χ3v) is 3.92. The number of thiophene rings is 1. The molecule has 0 N–H and O–H groups in total. The fourth-order valence-corrected chi connectivity index (χ4v) is 2.78. The molecule has 0 saturated carbocycles. The van der Waals surface area contributed by atoms with E-state index in [0.717, 1.165) is 10.3 Å². The molecule has 0 bridgehead atoms. The smallest absolute Gasteiger partial charge is 0.123 e. The first kappa shape index (κ1) is 10.7. The lowest BCUT2D eigenvalue weighted by molar-refractivity contribution is 0.591. The number of fused-ring (bicyclic) bond motifs is 2. The number of rotatable bonds is 0. The second-order valence-electron chi connectivity index (χ2n) is 5.46. The van der Waals surface area contributed by atoms with E-state index in [-0.39, 0.29) is 5.41 Å². The van der Waals surface area contributed by atoms with Crippen molar-refractivity contribution in [2.45, 2.75) is 26.2 Å². The summed E-state index contributed by atoms with van der Waals surface area (Å²) in [7, 11) is 0. The minimum atomic E-state index is 0.192. The van der Waals surface area contributed by atoms with Crippen LogP contribution in [-0.4, -0.2) is 4.98 Å². The molecule has 2 heterocycles. The number of hydrogen-bond donors (Lipinski definition) is 0. The molecule has 0 atom stereocenters. The molecule has 3 rings (SSSR count). The summed E-state index contributed by atoms with van der Waals surface area (Å²) in [6.45, 7) is 6.72. The lowest BCUT2D eigenvalue weighted by Gasteiger charge is -2.19. The third kappa shape index (κ3) is 1.83. The molecular weight excluding hydrogens is 226 g/mol. The van der Waals surface area contributed by atoms with E-state index in [2.05, 4.69) is 61.5 Å². The fraction of sp³-hybridized carbons (Fsp3) is 0.267. The Morgan fingerprint density at radius 1 is 1.00 bits per heavy atom. The van der Waals surface area contributed by atoms with Gasteiger partial charge in [-0.2, -0.15) is 0 Å². The van der Waals surface area contributed by atoms with Crippen LogP contribution in [0, 0.1) is 0 Å². The molecule has 2 heteroatoms. The van der Waals surface area contributed by atoms with Crippen molar-refractivity contribution in [1.82, 2.24) is 4.98 Å². The fourth-order valence-electron chi connectivity index (χ4n) is 2.03. The Bertz CT molecular complexity index is 689. The van der Waals surface area contributed by atoms with Crippen LogP contribution in [0.4, 0.5) is 0 Å².